The number of nitrogens with one attached hydrogen (secondary N) is 1. The summed E-state index contributed by atoms with van der Waals surface area (Å²) in [5.41, 5.74) is 3.11. The fourth-order valence-corrected chi connectivity index (χ4v) is 9.73. The van der Waals surface area contributed by atoms with Crippen LogP contribution in [0.5, 0.6) is 0 Å². The quantitative estimate of drug-likeness (QED) is 0.355. The van der Waals surface area contributed by atoms with Gasteiger partial charge in [-0.3, -0.25) is 5.32 Å². The number of amides is 1. The maximum Gasteiger partial charge on any atom is 0.411 e. The number of benzene rings is 1. The van der Waals surface area contributed by atoms with Crippen molar-refractivity contribution in [2.24, 2.45) is 52.3 Å². The molecule has 3 nitrogen and oxygen atoms in total. The third kappa shape index (κ3) is 5.49. The summed E-state index contributed by atoms with van der Waals surface area (Å²) in [5, 5.41) is 2.90. The summed E-state index contributed by atoms with van der Waals surface area (Å²) >= 11 is 0. The van der Waals surface area contributed by atoms with Gasteiger partial charge in [0.1, 0.15) is 6.10 Å². The Bertz CT molecular complexity index is 1060. The zero-order valence-corrected chi connectivity index (χ0v) is 25.4. The van der Waals surface area contributed by atoms with E-state index in [0.29, 0.717) is 17.3 Å². The molecular weight excluding hydrogens is 478 g/mol. The standard InChI is InChI=1S/C36H53NO2/c1-7-26(24(2)3)14-13-25(4)31-17-18-32-30-16-15-27-23-29(39-34(38)37-28-11-9-8-10-12-28)19-21-35(27,5)33(30)20-22-36(31,32)6/h8-15,24-26,29-33H,7,16-23H2,1-6H3,(H,37,38). The molecule has 0 bridgehead atoms. The average molecular weight is 532 g/mol. The molecule has 9 atom stereocenters. The minimum absolute atomic E-state index is 0.0141. The van der Waals surface area contributed by atoms with Gasteiger partial charge in [-0.25, -0.2) is 4.79 Å². The molecule has 5 rings (SSSR count). The lowest BCUT2D eigenvalue weighted by atomic mass is 9.47. The van der Waals surface area contributed by atoms with Crippen molar-refractivity contribution in [2.75, 3.05) is 5.32 Å². The van der Waals surface area contributed by atoms with Crippen molar-refractivity contribution in [1.29, 1.82) is 0 Å². The van der Waals surface area contributed by atoms with E-state index >= 15 is 0 Å². The van der Waals surface area contributed by atoms with Gasteiger partial charge >= 0.3 is 6.09 Å². The number of hydrogen-bond acceptors (Lipinski definition) is 2. The van der Waals surface area contributed by atoms with Gasteiger partial charge in [-0.1, -0.05) is 83.5 Å². The largest absolute Gasteiger partial charge is 0.446 e. The summed E-state index contributed by atoms with van der Waals surface area (Å²) < 4.78 is 5.92. The highest BCUT2D eigenvalue weighted by Gasteiger charge is 2.59. The number of carbonyl (C=O) groups excluding carboxylic acids is 1. The molecule has 0 radical (unpaired) electrons. The van der Waals surface area contributed by atoms with Crippen LogP contribution >= 0.6 is 0 Å². The van der Waals surface area contributed by atoms with Crippen molar-refractivity contribution in [1.82, 2.24) is 0 Å². The third-order valence-electron chi connectivity index (χ3n) is 12.1. The van der Waals surface area contributed by atoms with E-state index < -0.39 is 0 Å². The van der Waals surface area contributed by atoms with Crippen LogP contribution in [0.4, 0.5) is 10.5 Å². The van der Waals surface area contributed by atoms with E-state index in [4.69, 9.17) is 4.74 Å². The first kappa shape index (κ1) is 28.5. The highest BCUT2D eigenvalue weighted by atomic mass is 16.6. The van der Waals surface area contributed by atoms with Crippen molar-refractivity contribution in [3.63, 3.8) is 0 Å². The Labute approximate surface area is 238 Å². The topological polar surface area (TPSA) is 38.3 Å². The van der Waals surface area contributed by atoms with Crippen LogP contribution in [-0.4, -0.2) is 12.2 Å². The second-order valence-electron chi connectivity index (χ2n) is 14.3. The molecule has 0 saturated heterocycles. The number of anilines is 1. The Morgan fingerprint density at radius 1 is 1.03 bits per heavy atom. The van der Waals surface area contributed by atoms with Crippen molar-refractivity contribution in [3.05, 3.63) is 54.1 Å². The van der Waals surface area contributed by atoms with E-state index in [9.17, 15) is 4.79 Å². The summed E-state index contributed by atoms with van der Waals surface area (Å²) in [7, 11) is 0. The molecule has 1 aromatic carbocycles. The number of carbonyl (C=O) groups is 1. The molecule has 1 N–H and O–H groups in total. The first-order valence-corrected chi connectivity index (χ1v) is 16.1. The molecule has 3 heteroatoms. The Kier molecular flexibility index (Phi) is 8.37. The molecular formula is C36H53NO2. The predicted molar refractivity (Wildman–Crippen MR) is 162 cm³/mol. The van der Waals surface area contributed by atoms with Crippen LogP contribution < -0.4 is 5.32 Å². The van der Waals surface area contributed by atoms with Gasteiger partial charge < -0.3 is 4.74 Å². The fourth-order valence-electron chi connectivity index (χ4n) is 9.73. The molecule has 0 aromatic heterocycles. The number of rotatable bonds is 7. The normalized spacial score (nSPS) is 37.4. The lowest BCUT2D eigenvalue weighted by Crippen LogP contribution is -2.51. The van der Waals surface area contributed by atoms with Gasteiger partial charge in [-0.2, -0.15) is 0 Å². The van der Waals surface area contributed by atoms with Gasteiger partial charge in [-0.05, 0) is 116 Å². The fraction of sp³-hybridized carbons (Fsp3) is 0.694. The molecule has 0 heterocycles. The Morgan fingerprint density at radius 3 is 2.51 bits per heavy atom. The minimum Gasteiger partial charge on any atom is -0.446 e. The molecule has 3 saturated carbocycles. The molecule has 4 aliphatic rings. The summed E-state index contributed by atoms with van der Waals surface area (Å²) in [6.45, 7) is 14.8. The highest BCUT2D eigenvalue weighted by Crippen LogP contribution is 2.67. The van der Waals surface area contributed by atoms with Gasteiger partial charge in [0.15, 0.2) is 0 Å². The van der Waals surface area contributed by atoms with E-state index in [0.717, 1.165) is 54.5 Å². The molecule has 39 heavy (non-hydrogen) atoms. The van der Waals surface area contributed by atoms with Crippen LogP contribution in [0.3, 0.4) is 0 Å². The van der Waals surface area contributed by atoms with E-state index in [1.165, 1.54) is 38.5 Å². The number of fused-ring (bicyclic) bond motifs is 5. The Morgan fingerprint density at radius 2 is 1.79 bits per heavy atom. The lowest BCUT2D eigenvalue weighted by Gasteiger charge is -2.58. The van der Waals surface area contributed by atoms with Crippen LogP contribution in [0, 0.1) is 52.3 Å². The number of ether oxygens (including phenoxy) is 1. The number of para-hydroxylation sites is 1. The summed E-state index contributed by atoms with van der Waals surface area (Å²) in [6.07, 6.45) is 18.4. The zero-order valence-electron chi connectivity index (χ0n) is 25.4. The first-order valence-electron chi connectivity index (χ1n) is 16.1. The Balaban J connectivity index is 1.24. The summed E-state index contributed by atoms with van der Waals surface area (Å²) in [6, 6.07) is 9.61. The summed E-state index contributed by atoms with van der Waals surface area (Å²) in [4.78, 5) is 12.6. The van der Waals surface area contributed by atoms with Crippen LogP contribution in [0.1, 0.15) is 99.3 Å². The minimum atomic E-state index is -0.323. The van der Waals surface area contributed by atoms with Gasteiger partial charge in [-0.15, -0.1) is 0 Å². The van der Waals surface area contributed by atoms with Crippen molar-refractivity contribution in [2.45, 2.75) is 105 Å². The second-order valence-corrected chi connectivity index (χ2v) is 14.3. The molecule has 0 spiro atoms. The lowest BCUT2D eigenvalue weighted by molar-refractivity contribution is -0.0545. The SMILES string of the molecule is CCC(C=CC(C)C1CCC2C3CC=C4CC(OC(=O)Nc5ccccc5)CCC4(C)C3CCC12C)C(C)C. The van der Waals surface area contributed by atoms with Crippen LogP contribution in [-0.2, 0) is 4.74 Å². The van der Waals surface area contributed by atoms with Gasteiger partial charge in [0, 0.05) is 12.1 Å². The average Bonchev–Trinajstić information content (AvgIpc) is 3.27. The molecule has 0 aliphatic heterocycles. The smallest absolute Gasteiger partial charge is 0.411 e. The second kappa shape index (κ2) is 11.5. The summed E-state index contributed by atoms with van der Waals surface area (Å²) in [5.74, 6) is 5.37. The molecule has 4 aliphatic carbocycles. The van der Waals surface area contributed by atoms with Gasteiger partial charge in [0.25, 0.3) is 0 Å². The van der Waals surface area contributed by atoms with Crippen LogP contribution in [0.15, 0.2) is 54.1 Å². The van der Waals surface area contributed by atoms with Crippen LogP contribution in [0.2, 0.25) is 0 Å². The third-order valence-corrected chi connectivity index (χ3v) is 12.1. The molecule has 1 amide bonds. The monoisotopic (exact) mass is 531 g/mol. The highest BCUT2D eigenvalue weighted by molar-refractivity contribution is 5.84. The van der Waals surface area contributed by atoms with Crippen molar-refractivity contribution in [3.8, 4) is 0 Å². The van der Waals surface area contributed by atoms with E-state index in [-0.39, 0.29) is 17.6 Å². The van der Waals surface area contributed by atoms with E-state index in [1.54, 1.807) is 5.57 Å². The molecule has 1 aromatic rings. The molecule has 214 valence electrons. The molecule has 3 fully saturated rings. The van der Waals surface area contributed by atoms with Gasteiger partial charge in [0.05, 0.1) is 0 Å². The maximum absolute atomic E-state index is 12.6. The van der Waals surface area contributed by atoms with Crippen molar-refractivity contribution < 1.29 is 9.53 Å². The van der Waals surface area contributed by atoms with Gasteiger partial charge in [0.2, 0.25) is 0 Å². The van der Waals surface area contributed by atoms with Crippen molar-refractivity contribution >= 4 is 11.8 Å². The number of hydrogen-bond donors (Lipinski definition) is 1. The maximum atomic E-state index is 12.6. The first-order chi connectivity index (χ1) is 18.7. The molecule has 9 unspecified atom stereocenters. The number of allylic oxidation sites excluding steroid dienone is 3. The van der Waals surface area contributed by atoms with Crippen LogP contribution in [0.25, 0.3) is 0 Å². The van der Waals surface area contributed by atoms with E-state index in [2.05, 4.69) is 65.1 Å². The zero-order chi connectivity index (χ0) is 27.8. The predicted octanol–water partition coefficient (Wildman–Crippen LogP) is 10.1. The Hall–Kier alpha value is -2.03. The van der Waals surface area contributed by atoms with E-state index in [1.807, 2.05) is 30.3 Å².